The van der Waals surface area contributed by atoms with Gasteiger partial charge >= 0.3 is 5.97 Å². The van der Waals surface area contributed by atoms with Crippen molar-refractivity contribution in [2.24, 2.45) is 11.8 Å². The molecule has 16 heavy (non-hydrogen) atoms. The first-order valence-corrected chi connectivity index (χ1v) is 6.45. The molecule has 0 radical (unpaired) electrons. The average Bonchev–Trinajstić information content (AvgIpc) is 2.34. The minimum Gasteiger partial charge on any atom is -0.465 e. The summed E-state index contributed by atoms with van der Waals surface area (Å²) >= 11 is 0. The number of hydrogen-bond acceptors (Lipinski definition) is 3. The van der Waals surface area contributed by atoms with E-state index in [2.05, 4.69) is 0 Å². The molecule has 0 N–H and O–H groups in total. The van der Waals surface area contributed by atoms with Crippen LogP contribution in [0.1, 0.15) is 45.4 Å². The van der Waals surface area contributed by atoms with E-state index < -0.39 is 0 Å². The molecule has 1 rings (SSSR count). The zero-order valence-corrected chi connectivity index (χ0v) is 10.5. The second kappa shape index (κ2) is 7.66. The van der Waals surface area contributed by atoms with Gasteiger partial charge in [-0.25, -0.2) is 0 Å². The minimum atomic E-state index is -0.0596. The second-order valence-corrected chi connectivity index (χ2v) is 4.63. The Bertz CT molecular complexity index is 197. The van der Waals surface area contributed by atoms with E-state index in [4.69, 9.17) is 9.47 Å². The van der Waals surface area contributed by atoms with Gasteiger partial charge in [0.15, 0.2) is 0 Å². The van der Waals surface area contributed by atoms with E-state index in [1.165, 1.54) is 19.3 Å². The van der Waals surface area contributed by atoms with Crippen molar-refractivity contribution in [1.29, 1.82) is 0 Å². The molecule has 3 heteroatoms. The third kappa shape index (κ3) is 4.12. The lowest BCUT2D eigenvalue weighted by Gasteiger charge is -2.28. The Labute approximate surface area is 98.5 Å². The summed E-state index contributed by atoms with van der Waals surface area (Å²) in [5.74, 6) is 0.366. The molecule has 0 aromatic rings. The maximum Gasteiger partial charge on any atom is 0.311 e. The van der Waals surface area contributed by atoms with Gasteiger partial charge in [0, 0.05) is 7.11 Å². The molecular weight excluding hydrogens is 204 g/mol. The Morgan fingerprint density at radius 2 is 2.00 bits per heavy atom. The van der Waals surface area contributed by atoms with E-state index in [0.29, 0.717) is 19.1 Å². The minimum absolute atomic E-state index is 0.0446. The number of ether oxygens (including phenoxy) is 2. The smallest absolute Gasteiger partial charge is 0.311 e. The summed E-state index contributed by atoms with van der Waals surface area (Å²) in [4.78, 5) is 11.9. The van der Waals surface area contributed by atoms with Gasteiger partial charge in [0.25, 0.3) is 0 Å². The van der Waals surface area contributed by atoms with Crippen molar-refractivity contribution in [3.8, 4) is 0 Å². The molecule has 0 bridgehead atoms. The van der Waals surface area contributed by atoms with Crippen LogP contribution in [0.5, 0.6) is 0 Å². The number of rotatable bonds is 6. The molecule has 0 aliphatic heterocycles. The molecule has 0 aromatic carbocycles. The molecule has 1 atom stereocenters. The van der Waals surface area contributed by atoms with Gasteiger partial charge in [-0.2, -0.15) is 0 Å². The van der Waals surface area contributed by atoms with Gasteiger partial charge in [0.1, 0.15) is 0 Å². The van der Waals surface area contributed by atoms with Gasteiger partial charge in [-0.05, 0) is 25.2 Å². The molecule has 1 aliphatic carbocycles. The molecule has 0 amide bonds. The van der Waals surface area contributed by atoms with Crippen molar-refractivity contribution >= 4 is 5.97 Å². The fourth-order valence-electron chi connectivity index (χ4n) is 2.42. The summed E-state index contributed by atoms with van der Waals surface area (Å²) in [5.41, 5.74) is 0. The molecule has 1 unspecified atom stereocenters. The highest BCUT2D eigenvalue weighted by Gasteiger charge is 2.30. The SMILES string of the molecule is CCCOC(=O)C(COC)C1CCCCC1. The summed E-state index contributed by atoms with van der Waals surface area (Å²) in [6.07, 6.45) is 6.97. The molecule has 0 spiro atoms. The van der Waals surface area contributed by atoms with E-state index in [1.807, 2.05) is 6.92 Å². The van der Waals surface area contributed by atoms with Crippen LogP contribution in [0.25, 0.3) is 0 Å². The highest BCUT2D eigenvalue weighted by molar-refractivity contribution is 5.73. The van der Waals surface area contributed by atoms with Crippen molar-refractivity contribution in [1.82, 2.24) is 0 Å². The lowest BCUT2D eigenvalue weighted by atomic mass is 9.80. The molecular formula is C13H24O3. The van der Waals surface area contributed by atoms with Crippen LogP contribution in [0, 0.1) is 11.8 Å². The summed E-state index contributed by atoms with van der Waals surface area (Å²) in [6.45, 7) is 3.05. The number of carbonyl (C=O) groups excluding carboxylic acids is 1. The van der Waals surface area contributed by atoms with Gasteiger partial charge < -0.3 is 9.47 Å². The topological polar surface area (TPSA) is 35.5 Å². The third-order valence-corrected chi connectivity index (χ3v) is 3.32. The molecule has 0 saturated heterocycles. The van der Waals surface area contributed by atoms with E-state index in [-0.39, 0.29) is 11.9 Å². The summed E-state index contributed by atoms with van der Waals surface area (Å²) in [5, 5.41) is 0. The van der Waals surface area contributed by atoms with Gasteiger partial charge in [0.2, 0.25) is 0 Å². The molecule has 1 aliphatic rings. The van der Waals surface area contributed by atoms with Crippen LogP contribution >= 0.6 is 0 Å². The molecule has 94 valence electrons. The van der Waals surface area contributed by atoms with Crippen molar-refractivity contribution in [2.75, 3.05) is 20.3 Å². The van der Waals surface area contributed by atoms with Crippen LogP contribution in [0.3, 0.4) is 0 Å². The fraction of sp³-hybridized carbons (Fsp3) is 0.923. The first kappa shape index (κ1) is 13.5. The number of methoxy groups -OCH3 is 1. The summed E-state index contributed by atoms with van der Waals surface area (Å²) in [7, 11) is 1.66. The van der Waals surface area contributed by atoms with Gasteiger partial charge in [-0.3, -0.25) is 4.79 Å². The summed E-state index contributed by atoms with van der Waals surface area (Å²) < 4.78 is 10.4. The molecule has 0 heterocycles. The van der Waals surface area contributed by atoms with E-state index in [9.17, 15) is 4.79 Å². The van der Waals surface area contributed by atoms with E-state index >= 15 is 0 Å². The fourth-order valence-corrected chi connectivity index (χ4v) is 2.42. The summed E-state index contributed by atoms with van der Waals surface area (Å²) in [6, 6.07) is 0. The zero-order valence-electron chi connectivity index (χ0n) is 10.5. The standard InChI is InChI=1S/C13H24O3/c1-3-9-16-13(14)12(10-15-2)11-7-5-4-6-8-11/h11-12H,3-10H2,1-2H3. The Balaban J connectivity index is 2.47. The quantitative estimate of drug-likeness (QED) is 0.656. The normalized spacial score (nSPS) is 19.4. The first-order valence-electron chi connectivity index (χ1n) is 6.45. The average molecular weight is 228 g/mol. The van der Waals surface area contributed by atoms with E-state index in [1.54, 1.807) is 7.11 Å². The van der Waals surface area contributed by atoms with Crippen LogP contribution in [0.2, 0.25) is 0 Å². The Kier molecular flexibility index (Phi) is 6.46. The maximum atomic E-state index is 11.9. The molecule has 0 aromatic heterocycles. The monoisotopic (exact) mass is 228 g/mol. The second-order valence-electron chi connectivity index (χ2n) is 4.63. The van der Waals surface area contributed by atoms with Gasteiger partial charge in [-0.1, -0.05) is 26.2 Å². The lowest BCUT2D eigenvalue weighted by molar-refractivity contribution is -0.153. The number of hydrogen-bond donors (Lipinski definition) is 0. The third-order valence-electron chi connectivity index (χ3n) is 3.32. The Morgan fingerprint density at radius 1 is 1.31 bits per heavy atom. The van der Waals surface area contributed by atoms with Gasteiger partial charge in [0.05, 0.1) is 19.1 Å². The predicted molar refractivity (Wildman–Crippen MR) is 63.2 cm³/mol. The van der Waals surface area contributed by atoms with Crippen LogP contribution in [0.4, 0.5) is 0 Å². The molecule has 1 fully saturated rings. The highest BCUT2D eigenvalue weighted by Crippen LogP contribution is 2.30. The van der Waals surface area contributed by atoms with Crippen molar-refractivity contribution < 1.29 is 14.3 Å². The lowest BCUT2D eigenvalue weighted by Crippen LogP contribution is -2.31. The predicted octanol–water partition coefficient (Wildman–Crippen LogP) is 2.78. The van der Waals surface area contributed by atoms with Crippen LogP contribution in [0.15, 0.2) is 0 Å². The zero-order chi connectivity index (χ0) is 11.8. The van der Waals surface area contributed by atoms with Crippen molar-refractivity contribution in [3.63, 3.8) is 0 Å². The Hall–Kier alpha value is -0.570. The highest BCUT2D eigenvalue weighted by atomic mass is 16.5. The van der Waals surface area contributed by atoms with Crippen LogP contribution in [-0.4, -0.2) is 26.3 Å². The first-order chi connectivity index (χ1) is 7.79. The van der Waals surface area contributed by atoms with Crippen LogP contribution < -0.4 is 0 Å². The van der Waals surface area contributed by atoms with E-state index in [0.717, 1.165) is 19.3 Å². The van der Waals surface area contributed by atoms with Gasteiger partial charge in [-0.15, -0.1) is 0 Å². The van der Waals surface area contributed by atoms with Crippen molar-refractivity contribution in [2.45, 2.75) is 45.4 Å². The number of carbonyl (C=O) groups is 1. The van der Waals surface area contributed by atoms with Crippen molar-refractivity contribution in [3.05, 3.63) is 0 Å². The molecule has 3 nitrogen and oxygen atoms in total. The number of esters is 1. The molecule has 1 saturated carbocycles. The maximum absolute atomic E-state index is 11.9. The van der Waals surface area contributed by atoms with Crippen LogP contribution in [-0.2, 0) is 14.3 Å². The Morgan fingerprint density at radius 3 is 2.56 bits per heavy atom. The largest absolute Gasteiger partial charge is 0.465 e.